The number of carbonyl (C=O) groups excluding carboxylic acids is 1. The first-order valence-electron chi connectivity index (χ1n) is 6.03. The van der Waals surface area contributed by atoms with Crippen molar-refractivity contribution < 1.29 is 14.3 Å². The van der Waals surface area contributed by atoms with Crippen molar-refractivity contribution in [1.29, 1.82) is 0 Å². The number of benzene rings is 2. The number of phenols is 1. The van der Waals surface area contributed by atoms with Gasteiger partial charge in [-0.05, 0) is 48.9 Å². The summed E-state index contributed by atoms with van der Waals surface area (Å²) >= 11 is 0. The number of phenolic OH excluding ortho intramolecular Hbond substituents is 1. The fourth-order valence-corrected chi connectivity index (χ4v) is 1.93. The number of aromatic hydroxyl groups is 1. The average molecular weight is 274 g/mol. The number of carbonyl (C=O) groups is 1. The Balaban J connectivity index is 2.38. The van der Waals surface area contributed by atoms with E-state index in [1.807, 2.05) is 0 Å². The van der Waals surface area contributed by atoms with Crippen LogP contribution in [-0.2, 0) is 0 Å². The number of halogens is 1. The summed E-state index contributed by atoms with van der Waals surface area (Å²) in [4.78, 5) is 13.6. The van der Waals surface area contributed by atoms with E-state index in [4.69, 9.17) is 5.73 Å². The highest BCUT2D eigenvalue weighted by Crippen LogP contribution is 2.22. The molecule has 0 saturated heterocycles. The van der Waals surface area contributed by atoms with E-state index in [0.717, 1.165) is 0 Å². The Hall–Kier alpha value is -2.56. The van der Waals surface area contributed by atoms with Crippen molar-refractivity contribution in [2.45, 2.75) is 6.92 Å². The molecule has 0 saturated carbocycles. The molecule has 0 aliphatic carbocycles. The number of nitrogens with zero attached hydrogens (tertiary/aromatic N) is 1. The second-order valence-corrected chi connectivity index (χ2v) is 4.58. The van der Waals surface area contributed by atoms with E-state index in [1.54, 1.807) is 19.1 Å². The van der Waals surface area contributed by atoms with Gasteiger partial charge in [-0.15, -0.1) is 0 Å². The van der Waals surface area contributed by atoms with Crippen LogP contribution in [0.1, 0.15) is 15.9 Å². The summed E-state index contributed by atoms with van der Waals surface area (Å²) in [6, 6.07) is 8.86. The minimum absolute atomic E-state index is 0.0712. The number of hydrogen-bond acceptors (Lipinski definition) is 3. The first-order chi connectivity index (χ1) is 9.40. The molecule has 0 spiro atoms. The normalized spacial score (nSPS) is 10.3. The van der Waals surface area contributed by atoms with Gasteiger partial charge in [-0.2, -0.15) is 0 Å². The van der Waals surface area contributed by atoms with E-state index >= 15 is 0 Å². The van der Waals surface area contributed by atoms with Crippen molar-refractivity contribution in [2.24, 2.45) is 0 Å². The minimum atomic E-state index is -0.574. The lowest BCUT2D eigenvalue weighted by Gasteiger charge is -2.18. The monoisotopic (exact) mass is 274 g/mol. The number of aryl methyl sites for hydroxylation is 1. The number of rotatable bonds is 2. The van der Waals surface area contributed by atoms with Crippen molar-refractivity contribution in [2.75, 3.05) is 17.7 Å². The molecule has 0 aromatic heterocycles. The average Bonchev–Trinajstić information content (AvgIpc) is 2.42. The van der Waals surface area contributed by atoms with Gasteiger partial charge >= 0.3 is 0 Å². The predicted molar refractivity (Wildman–Crippen MR) is 76.4 cm³/mol. The lowest BCUT2D eigenvalue weighted by Crippen LogP contribution is -2.27. The number of amides is 1. The molecule has 5 heteroatoms. The first-order valence-corrected chi connectivity index (χ1v) is 6.03. The van der Waals surface area contributed by atoms with E-state index < -0.39 is 11.7 Å². The van der Waals surface area contributed by atoms with Crippen molar-refractivity contribution in [3.63, 3.8) is 0 Å². The predicted octanol–water partition coefficient (Wildman–Crippen LogP) is 2.70. The largest absolute Gasteiger partial charge is 0.508 e. The van der Waals surface area contributed by atoms with Crippen LogP contribution in [-0.4, -0.2) is 18.1 Å². The summed E-state index contributed by atoms with van der Waals surface area (Å²) in [5.74, 6) is -0.973. The van der Waals surface area contributed by atoms with Gasteiger partial charge in [-0.3, -0.25) is 4.79 Å². The van der Waals surface area contributed by atoms with Crippen LogP contribution < -0.4 is 10.6 Å². The first kappa shape index (κ1) is 13.9. The molecule has 4 nitrogen and oxygen atoms in total. The lowest BCUT2D eigenvalue weighted by atomic mass is 10.1. The van der Waals surface area contributed by atoms with E-state index in [2.05, 4.69) is 0 Å². The summed E-state index contributed by atoms with van der Waals surface area (Å²) in [5, 5.41) is 9.23. The molecule has 0 radical (unpaired) electrons. The highest BCUT2D eigenvalue weighted by atomic mass is 19.1. The maximum absolute atomic E-state index is 14.0. The van der Waals surface area contributed by atoms with E-state index in [9.17, 15) is 14.3 Å². The zero-order chi connectivity index (χ0) is 14.9. The van der Waals surface area contributed by atoms with Crippen molar-refractivity contribution in [3.8, 4) is 5.75 Å². The Morgan fingerprint density at radius 1 is 1.25 bits per heavy atom. The molecular weight excluding hydrogens is 259 g/mol. The van der Waals surface area contributed by atoms with Crippen molar-refractivity contribution >= 4 is 17.3 Å². The van der Waals surface area contributed by atoms with Crippen LogP contribution in [0.25, 0.3) is 0 Å². The maximum atomic E-state index is 14.0. The Morgan fingerprint density at radius 3 is 2.45 bits per heavy atom. The Morgan fingerprint density at radius 2 is 1.85 bits per heavy atom. The second kappa shape index (κ2) is 5.21. The van der Waals surface area contributed by atoms with Crippen LogP contribution in [0.5, 0.6) is 5.75 Å². The van der Waals surface area contributed by atoms with Crippen LogP contribution in [0.15, 0.2) is 36.4 Å². The number of nitrogen functional groups attached to an aromatic ring is 1. The van der Waals surface area contributed by atoms with Gasteiger partial charge in [0.15, 0.2) is 0 Å². The molecular formula is C15H15FN2O2. The van der Waals surface area contributed by atoms with Gasteiger partial charge in [-0.1, -0.05) is 0 Å². The van der Waals surface area contributed by atoms with E-state index in [0.29, 0.717) is 16.9 Å². The van der Waals surface area contributed by atoms with Gasteiger partial charge in [0, 0.05) is 18.4 Å². The molecule has 3 N–H and O–H groups in total. The second-order valence-electron chi connectivity index (χ2n) is 4.58. The molecule has 2 aromatic rings. The molecule has 0 aliphatic heterocycles. The molecule has 104 valence electrons. The standard InChI is InChI=1S/C15H15FN2O2/c1-9-7-10(17)8-13(14(9)16)15(20)18(2)11-3-5-12(19)6-4-11/h3-8,19H,17H2,1-2H3. The molecule has 2 aromatic carbocycles. The molecule has 0 fully saturated rings. The Bertz CT molecular complexity index is 654. The zero-order valence-electron chi connectivity index (χ0n) is 11.2. The Labute approximate surface area is 116 Å². The number of hydrogen-bond donors (Lipinski definition) is 2. The molecule has 2 rings (SSSR count). The molecule has 0 unspecified atom stereocenters. The smallest absolute Gasteiger partial charge is 0.261 e. The van der Waals surface area contributed by atoms with Crippen LogP contribution in [0.3, 0.4) is 0 Å². The van der Waals surface area contributed by atoms with Gasteiger partial charge in [0.25, 0.3) is 5.91 Å². The molecule has 20 heavy (non-hydrogen) atoms. The number of nitrogens with two attached hydrogens (primary N) is 1. The fraction of sp³-hybridized carbons (Fsp3) is 0.133. The molecule has 0 bridgehead atoms. The third-order valence-corrected chi connectivity index (χ3v) is 3.05. The summed E-state index contributed by atoms with van der Waals surface area (Å²) in [6.07, 6.45) is 0. The van der Waals surface area contributed by atoms with Crippen molar-refractivity contribution in [3.05, 3.63) is 53.3 Å². The van der Waals surface area contributed by atoms with Crippen LogP contribution >= 0.6 is 0 Å². The highest BCUT2D eigenvalue weighted by Gasteiger charge is 2.19. The van der Waals surface area contributed by atoms with Crippen LogP contribution in [0.2, 0.25) is 0 Å². The van der Waals surface area contributed by atoms with Gasteiger partial charge in [0.05, 0.1) is 5.56 Å². The number of anilines is 2. The minimum Gasteiger partial charge on any atom is -0.508 e. The third kappa shape index (κ3) is 2.56. The highest BCUT2D eigenvalue weighted by molar-refractivity contribution is 6.06. The maximum Gasteiger partial charge on any atom is 0.261 e. The topological polar surface area (TPSA) is 66.6 Å². The lowest BCUT2D eigenvalue weighted by molar-refractivity contribution is 0.0989. The third-order valence-electron chi connectivity index (χ3n) is 3.05. The molecule has 0 aliphatic rings. The summed E-state index contributed by atoms with van der Waals surface area (Å²) < 4.78 is 14.0. The fourth-order valence-electron chi connectivity index (χ4n) is 1.93. The van der Waals surface area contributed by atoms with E-state index in [-0.39, 0.29) is 11.3 Å². The Kier molecular flexibility index (Phi) is 3.61. The summed E-state index contributed by atoms with van der Waals surface area (Å²) in [7, 11) is 1.53. The quantitative estimate of drug-likeness (QED) is 0.827. The van der Waals surface area contributed by atoms with Gasteiger partial charge in [0.2, 0.25) is 0 Å². The molecule has 0 atom stereocenters. The molecule has 0 heterocycles. The van der Waals surface area contributed by atoms with Gasteiger partial charge in [-0.25, -0.2) is 4.39 Å². The van der Waals surface area contributed by atoms with Gasteiger partial charge in [0.1, 0.15) is 11.6 Å². The van der Waals surface area contributed by atoms with Crippen molar-refractivity contribution in [1.82, 2.24) is 0 Å². The molecule has 1 amide bonds. The SMILES string of the molecule is Cc1cc(N)cc(C(=O)N(C)c2ccc(O)cc2)c1F. The van der Waals surface area contributed by atoms with Crippen LogP contribution in [0.4, 0.5) is 15.8 Å². The van der Waals surface area contributed by atoms with E-state index in [1.165, 1.54) is 36.2 Å². The van der Waals surface area contributed by atoms with Crippen LogP contribution in [0, 0.1) is 12.7 Å². The summed E-state index contributed by atoms with van der Waals surface area (Å²) in [6.45, 7) is 1.56. The van der Waals surface area contributed by atoms with Gasteiger partial charge < -0.3 is 15.7 Å². The summed E-state index contributed by atoms with van der Waals surface area (Å²) in [5.41, 5.74) is 6.80. The zero-order valence-corrected chi connectivity index (χ0v) is 11.2.